The lowest BCUT2D eigenvalue weighted by atomic mass is 10.4. The summed E-state index contributed by atoms with van der Waals surface area (Å²) in [6.07, 6.45) is 4.96. The van der Waals surface area contributed by atoms with Crippen LogP contribution in [-0.4, -0.2) is 0 Å². The maximum absolute atomic E-state index is 4.96. The van der Waals surface area contributed by atoms with Gasteiger partial charge in [0.1, 0.15) is 0 Å². The second-order valence-corrected chi connectivity index (χ2v) is 17.5. The zero-order valence-electron chi connectivity index (χ0n) is 71.1. The fourth-order valence-corrected chi connectivity index (χ4v) is 4.32. The first-order chi connectivity index (χ1) is 70.4. The Morgan fingerprint density at radius 3 is 0.128 bits per heavy atom. The van der Waals surface area contributed by atoms with E-state index in [4.69, 9.17) is 6.42 Å². The highest BCUT2D eigenvalue weighted by molar-refractivity contribution is 5.60. The molecule has 0 heterocycles. The van der Waals surface area contributed by atoms with E-state index in [9.17, 15) is 0 Å². The molecule has 0 aromatic heterocycles. The van der Waals surface area contributed by atoms with Crippen LogP contribution in [0.1, 0.15) is 6.92 Å². The maximum atomic E-state index is 4.96. The predicted octanol–water partition coefficient (Wildman–Crippen LogP) is 0.874. The number of hydrogen-bond acceptors (Lipinski definition) is 0. The summed E-state index contributed by atoms with van der Waals surface area (Å²) < 4.78 is 0. The lowest BCUT2D eigenvalue weighted by Crippen LogP contribution is -1.57. The van der Waals surface area contributed by atoms with Gasteiger partial charge < -0.3 is 0 Å². The smallest absolute Gasteiger partial charge is 0 e. The van der Waals surface area contributed by atoms with Gasteiger partial charge in [-0.1, -0.05) is 5.92 Å². The second-order valence-electron chi connectivity index (χ2n) is 17.5. The van der Waals surface area contributed by atoms with Crippen molar-refractivity contribution in [1.29, 1.82) is 0 Å². The van der Waals surface area contributed by atoms with Gasteiger partial charge in [0.25, 0.3) is 0 Å². The van der Waals surface area contributed by atoms with Crippen LogP contribution in [0.15, 0.2) is 0 Å². The molecule has 141 heavy (non-hydrogen) atoms. The highest BCUT2D eigenvalue weighted by atomic mass is 13.7. The maximum Gasteiger partial charge on any atom is 0 e. The summed E-state index contributed by atoms with van der Waals surface area (Å²) in [5, 5.41) is 0. The van der Waals surface area contributed by atoms with Gasteiger partial charge in [-0.3, -0.25) is 0 Å². The Balaban J connectivity index is 4.66. The van der Waals surface area contributed by atoms with Crippen molar-refractivity contribution in [1.82, 2.24) is 0 Å². The zero-order chi connectivity index (χ0) is 100. The molecule has 0 amide bonds. The molecule has 0 fully saturated rings. The van der Waals surface area contributed by atoms with Gasteiger partial charge >= 0.3 is 0 Å². The third-order valence-corrected chi connectivity index (χ3v) is 8.70. The summed E-state index contributed by atoms with van der Waals surface area (Å²) in [4.78, 5) is 0. The molecule has 0 bridgehead atoms. The molecule has 0 aromatic rings. The summed E-state index contributed by atoms with van der Waals surface area (Å²) in [5.74, 6) is 347. The van der Waals surface area contributed by atoms with Crippen molar-refractivity contribution in [2.45, 2.75) is 6.92 Å². The Morgan fingerprint density at radius 2 is 0.0922 bits per heavy atom. The minimum absolute atomic E-state index is 1.68. The first-order valence-electron chi connectivity index (χ1n) is 35.3. The third-order valence-electron chi connectivity index (χ3n) is 8.70. The van der Waals surface area contributed by atoms with E-state index in [1.54, 1.807) is 6.92 Å². The molecule has 0 nitrogen and oxygen atoms in total. The van der Waals surface area contributed by atoms with Crippen molar-refractivity contribution >= 4 is 0 Å². The Kier molecular flexibility index (Phi) is 85.3. The standard InChI is InChI=1S/C141H4/c1-3-5-7-9-11-13-15-17-19-21-23-25-27-29-31-33-35-37-39-41-43-45-47-49-51-53-55-57-59-61-63-65-67-69-71-73-75-77-79-81-83-85-87-89-91-93-95-97-99-101-103-105-107-109-111-113-115-117-119-121-123-125-127-129-131-133-135-137-139-141-140-138-136-134-132-130-128-126-124-122-120-118-116-114-112-110-108-106-104-102-100-98-96-94-92-90-88-86-84-82-80-78-76-74-72-70-68-66-64-62-60-58-56-54-52-50-48-46-44-42-40-38-36-34-32-30-28-26-24-22-20-18-16-14-12-10-8-6-4-2/h1H,2H3. The fourth-order valence-electron chi connectivity index (χ4n) is 4.32. The van der Waals surface area contributed by atoms with Crippen LogP contribution in [0.3, 0.4) is 0 Å². The van der Waals surface area contributed by atoms with Crippen molar-refractivity contribution < 1.29 is 0 Å². The van der Waals surface area contributed by atoms with Crippen molar-refractivity contribution in [3.05, 3.63) is 0 Å². The van der Waals surface area contributed by atoms with Gasteiger partial charge in [0, 0.05) is 722 Å². The number of hydrogen-bond donors (Lipinski definition) is 0. The molecule has 0 aliphatic rings. The number of rotatable bonds is 0. The molecule has 0 spiro atoms. The van der Waals surface area contributed by atoms with E-state index < -0.39 is 0 Å². The van der Waals surface area contributed by atoms with Crippen molar-refractivity contribution in [3.8, 4) is 829 Å². The summed E-state index contributed by atoms with van der Waals surface area (Å²) >= 11 is 0. The first-order valence-corrected chi connectivity index (χ1v) is 35.3. The van der Waals surface area contributed by atoms with Crippen LogP contribution < -0.4 is 0 Å². The SMILES string of the molecule is C#CC#CC#CC#CC#CC#CC#CC#CC#CC#CC#CC#CC#CC#CC#CC#CC#CC#CC#CC#CC#CC#CC#CC#CC#CC#CC#CC#CC#CC#CC#CC#CC#CC#CC#CC#CC#CC#CC#CC#CC#CC#CC#CC#CC#CC#CC#CC#CC#CC#CC#CC#CC#CC#CC#CC#CC#CC#CC#CC#CC#CC#CC#CC#CC#CC#CC#CC#CC#CC#CC. The summed E-state index contributed by atoms with van der Waals surface area (Å²) in [7, 11) is 0. The molecule has 0 saturated carbocycles. The molecule has 0 N–H and O–H groups in total. The summed E-state index contributed by atoms with van der Waals surface area (Å²) in [6.45, 7) is 1.68. The second kappa shape index (κ2) is 109. The van der Waals surface area contributed by atoms with E-state index in [2.05, 4.69) is 823 Å². The molecule has 0 heteroatoms. The number of terminal acetylenes is 1. The quantitative estimate of drug-likeness (QED) is 0.317. The van der Waals surface area contributed by atoms with Gasteiger partial charge in [0.15, 0.2) is 0 Å². The molecule has 0 aliphatic carbocycles. The summed E-state index contributed by atoms with van der Waals surface area (Å²) in [5.41, 5.74) is 0. The van der Waals surface area contributed by atoms with Gasteiger partial charge in [-0.2, -0.15) is 0 Å². The largest absolute Gasteiger partial charge is 0.106 e. The topological polar surface area (TPSA) is 0 Å². The van der Waals surface area contributed by atoms with E-state index in [0.717, 1.165) is 0 Å². The molecule has 0 rings (SSSR count). The predicted molar refractivity (Wildman–Crippen MR) is 551 cm³/mol. The molecular weight excluding hydrogens is 1690 g/mol. The monoisotopic (exact) mass is 1700 g/mol. The average molecular weight is 1700 g/mol. The van der Waals surface area contributed by atoms with Gasteiger partial charge in [0.05, 0.1) is 0 Å². The highest BCUT2D eigenvalue weighted by Crippen LogP contribution is 1.71. The Hall–Kier alpha value is -30.8. The lowest BCUT2D eigenvalue weighted by molar-refractivity contribution is 1.92. The third kappa shape index (κ3) is 109. The Morgan fingerprint density at radius 1 is 0.0567 bits per heavy atom. The van der Waals surface area contributed by atoms with Crippen LogP contribution >= 0.6 is 0 Å². The van der Waals surface area contributed by atoms with E-state index >= 15 is 0 Å². The van der Waals surface area contributed by atoms with Crippen molar-refractivity contribution in [2.75, 3.05) is 0 Å². The highest BCUT2D eigenvalue weighted by Gasteiger charge is 1.71. The lowest BCUT2D eigenvalue weighted by Gasteiger charge is -1.58. The van der Waals surface area contributed by atoms with Crippen LogP contribution in [0.5, 0.6) is 0 Å². The van der Waals surface area contributed by atoms with E-state index in [0.29, 0.717) is 0 Å². The minimum Gasteiger partial charge on any atom is -0.106 e. The molecule has 0 aromatic carbocycles. The fraction of sp³-hybridized carbons (Fsp3) is 0.00709. The van der Waals surface area contributed by atoms with E-state index in [-0.39, 0.29) is 0 Å². The molecule has 0 saturated heterocycles. The molecule has 0 atom stereocenters. The van der Waals surface area contributed by atoms with Crippen LogP contribution in [0.2, 0.25) is 0 Å². The average Bonchev–Trinajstić information content (AvgIpc) is 1.11. The first kappa shape index (κ1) is 110. The van der Waals surface area contributed by atoms with Crippen LogP contribution in [0.25, 0.3) is 0 Å². The van der Waals surface area contributed by atoms with Crippen LogP contribution in [0.4, 0.5) is 0 Å². The molecule has 0 aliphatic heterocycles. The summed E-state index contributed by atoms with van der Waals surface area (Å²) in [6, 6.07) is 0. The van der Waals surface area contributed by atoms with Gasteiger partial charge in [-0.15, -0.1) is 6.42 Å². The molecular formula is C141H4. The zero-order valence-corrected chi connectivity index (χ0v) is 71.1. The van der Waals surface area contributed by atoms with Crippen molar-refractivity contribution in [2.24, 2.45) is 0 Å². The van der Waals surface area contributed by atoms with Gasteiger partial charge in [-0.25, -0.2) is 0 Å². The minimum atomic E-state index is 1.68. The molecule has 568 valence electrons. The Labute approximate surface area is 830 Å². The van der Waals surface area contributed by atoms with E-state index in [1.165, 1.54) is 0 Å². The van der Waals surface area contributed by atoms with Crippen LogP contribution in [-0.2, 0) is 0 Å². The normalized spacial score (nSPS) is 3.97. The molecule has 0 unspecified atom stereocenters. The van der Waals surface area contributed by atoms with E-state index in [1.807, 2.05) is 0 Å². The Bertz CT molecular complexity index is 9720. The van der Waals surface area contributed by atoms with Crippen LogP contribution in [0, 0.1) is 829 Å². The molecule has 0 radical (unpaired) electrons. The van der Waals surface area contributed by atoms with Gasteiger partial charge in [0.2, 0.25) is 0 Å². The van der Waals surface area contributed by atoms with Crippen molar-refractivity contribution in [3.63, 3.8) is 0 Å². The van der Waals surface area contributed by atoms with Gasteiger partial charge in [-0.05, 0) is 102 Å².